The van der Waals surface area contributed by atoms with Crippen LogP contribution in [0, 0.1) is 0 Å². The van der Waals surface area contributed by atoms with Crippen molar-refractivity contribution < 1.29 is 22.1 Å². The summed E-state index contributed by atoms with van der Waals surface area (Å²) in [5.41, 5.74) is 0. The molecule has 0 aliphatic heterocycles. The van der Waals surface area contributed by atoms with E-state index in [-0.39, 0.29) is 4.90 Å². The highest BCUT2D eigenvalue weighted by molar-refractivity contribution is 7.99. The molecule has 5 nitrogen and oxygen atoms in total. The largest absolute Gasteiger partial charge is 0.345 e. The maximum Gasteiger partial charge on any atom is 0.298 e. The lowest BCUT2D eigenvalue weighted by atomic mass is 10.4. The van der Waals surface area contributed by atoms with Gasteiger partial charge in [0.15, 0.2) is 0 Å². The van der Waals surface area contributed by atoms with Gasteiger partial charge in [0.05, 0.1) is 0 Å². The zero-order valence-electron chi connectivity index (χ0n) is 8.41. The topological polar surface area (TPSA) is 80.7 Å². The first-order valence-electron chi connectivity index (χ1n) is 4.21. The van der Waals surface area contributed by atoms with Crippen molar-refractivity contribution in [1.82, 2.24) is 0 Å². The maximum atomic E-state index is 11.6. The van der Waals surface area contributed by atoms with Crippen molar-refractivity contribution in [2.75, 3.05) is 12.6 Å². The van der Waals surface area contributed by atoms with Crippen molar-refractivity contribution in [1.29, 1.82) is 0 Å². The third-order valence-corrected chi connectivity index (χ3v) is 4.52. The van der Waals surface area contributed by atoms with Crippen LogP contribution in [-0.2, 0) is 18.9 Å². The summed E-state index contributed by atoms with van der Waals surface area (Å²) in [6.07, 6.45) is 1.05. The third-order valence-electron chi connectivity index (χ3n) is 1.68. The Morgan fingerprint density at radius 2 is 2.06 bits per heavy atom. The molecule has 0 fully saturated rings. The Bertz CT molecular complexity index is 485. The van der Waals surface area contributed by atoms with Gasteiger partial charge in [0.25, 0.3) is 10.1 Å². The van der Waals surface area contributed by atoms with E-state index >= 15 is 0 Å². The molecule has 0 spiro atoms. The maximum absolute atomic E-state index is 11.6. The second-order valence-corrected chi connectivity index (χ2v) is 6.27. The Balaban J connectivity index is 3.02. The summed E-state index contributed by atoms with van der Waals surface area (Å²) in [5.74, 6) is 0. The Hall–Kier alpha value is -0.330. The van der Waals surface area contributed by atoms with Crippen LogP contribution in [-0.4, -0.2) is 25.9 Å². The van der Waals surface area contributed by atoms with E-state index in [1.807, 2.05) is 0 Å². The molecule has 0 amide bonds. The first-order chi connectivity index (χ1) is 7.47. The first-order valence-corrected chi connectivity index (χ1v) is 8.41. The molecule has 1 rings (SSSR count). The van der Waals surface area contributed by atoms with E-state index in [0.717, 1.165) is 0 Å². The minimum absolute atomic E-state index is 0.0192. The molecule has 0 aliphatic rings. The average molecular weight is 282 g/mol. The molecule has 1 N–H and O–H groups in total. The Labute approximate surface area is 98.8 Å². The van der Waals surface area contributed by atoms with Crippen molar-refractivity contribution >= 4 is 29.9 Å². The fourth-order valence-electron chi connectivity index (χ4n) is 1.02. The van der Waals surface area contributed by atoms with Crippen LogP contribution in [0.5, 0.6) is 0 Å². The molecule has 1 unspecified atom stereocenters. The monoisotopic (exact) mass is 282 g/mol. The van der Waals surface area contributed by atoms with Gasteiger partial charge in [-0.3, -0.25) is 8.75 Å². The Morgan fingerprint density at radius 1 is 1.44 bits per heavy atom. The van der Waals surface area contributed by atoms with Crippen LogP contribution in [0.25, 0.3) is 0 Å². The number of hydrogen-bond donors (Lipinski definition) is 1. The number of benzene rings is 1. The number of hydrogen-bond acceptors (Lipinski definition) is 5. The summed E-state index contributed by atoms with van der Waals surface area (Å²) in [5, 5.41) is 0. The summed E-state index contributed by atoms with van der Waals surface area (Å²) in [7, 11) is -6.91. The Kier molecular flexibility index (Phi) is 5.01. The molecule has 0 aliphatic carbocycles. The molecule has 0 radical (unpaired) electrons. The van der Waals surface area contributed by atoms with Crippen LogP contribution >= 0.6 is 19.8 Å². The molecule has 0 saturated carbocycles. The predicted molar refractivity (Wildman–Crippen MR) is 62.6 cm³/mol. The Morgan fingerprint density at radius 3 is 2.62 bits per heavy atom. The smallest absolute Gasteiger partial charge is 0.298 e. The average Bonchev–Trinajstić information content (AvgIpc) is 2.26. The molecule has 0 aromatic heterocycles. The lowest BCUT2D eigenvalue weighted by Crippen LogP contribution is -2.07. The number of thioether (sulfide) groups is 1. The van der Waals surface area contributed by atoms with Crippen LogP contribution in [0.3, 0.4) is 0 Å². The predicted octanol–water partition coefficient (Wildman–Crippen LogP) is 1.54. The van der Waals surface area contributed by atoms with Crippen LogP contribution < -0.4 is 0 Å². The molecule has 1 atom stereocenters. The van der Waals surface area contributed by atoms with Gasteiger partial charge in [0, 0.05) is 4.90 Å². The van der Waals surface area contributed by atoms with Crippen LogP contribution in [0.1, 0.15) is 0 Å². The van der Waals surface area contributed by atoms with Crippen molar-refractivity contribution in [2.24, 2.45) is 0 Å². The van der Waals surface area contributed by atoms with E-state index in [9.17, 15) is 13.0 Å². The highest BCUT2D eigenvalue weighted by atomic mass is 32.2. The quantitative estimate of drug-likeness (QED) is 0.501. The van der Waals surface area contributed by atoms with Gasteiger partial charge in [-0.2, -0.15) is 8.42 Å². The van der Waals surface area contributed by atoms with E-state index in [1.54, 1.807) is 24.5 Å². The zero-order valence-corrected chi connectivity index (χ0v) is 11.0. The molecule has 0 heterocycles. The van der Waals surface area contributed by atoms with E-state index in [4.69, 9.17) is 4.89 Å². The van der Waals surface area contributed by atoms with Gasteiger partial charge < -0.3 is 4.89 Å². The van der Waals surface area contributed by atoms with Crippen molar-refractivity contribution in [3.05, 3.63) is 24.3 Å². The van der Waals surface area contributed by atoms with Crippen LogP contribution in [0.2, 0.25) is 0 Å². The van der Waals surface area contributed by atoms with E-state index < -0.39 is 24.5 Å². The zero-order chi connectivity index (χ0) is 12.2. The standard InChI is InChI=1S/C8H11O5PS2/c1-15-7-4-2-3-5-8(7)16(11,12)13-6-14(9)10/h2-5,14H,6H2,1H3,(H,9,10). The molecular weight excluding hydrogens is 271 g/mol. The van der Waals surface area contributed by atoms with Gasteiger partial charge in [-0.25, -0.2) is 0 Å². The minimum Gasteiger partial charge on any atom is -0.345 e. The fourth-order valence-corrected chi connectivity index (χ4v) is 3.77. The third kappa shape index (κ3) is 3.61. The second-order valence-electron chi connectivity index (χ2n) is 2.76. The molecule has 90 valence electrons. The van der Waals surface area contributed by atoms with Gasteiger partial charge in [0.1, 0.15) is 11.2 Å². The summed E-state index contributed by atoms with van der Waals surface area (Å²) in [6.45, 7) is 0. The first kappa shape index (κ1) is 13.7. The summed E-state index contributed by atoms with van der Waals surface area (Å²) in [4.78, 5) is 9.10. The van der Waals surface area contributed by atoms with Crippen LogP contribution in [0.15, 0.2) is 34.1 Å². The van der Waals surface area contributed by atoms with Crippen molar-refractivity contribution in [3.63, 3.8) is 0 Å². The van der Waals surface area contributed by atoms with Crippen molar-refractivity contribution in [2.45, 2.75) is 9.79 Å². The van der Waals surface area contributed by atoms with Gasteiger partial charge in [-0.15, -0.1) is 11.8 Å². The van der Waals surface area contributed by atoms with Gasteiger partial charge in [-0.05, 0) is 18.4 Å². The van der Waals surface area contributed by atoms with E-state index in [0.29, 0.717) is 4.90 Å². The number of rotatable bonds is 5. The molecule has 0 bridgehead atoms. The van der Waals surface area contributed by atoms with Crippen molar-refractivity contribution in [3.8, 4) is 0 Å². The van der Waals surface area contributed by atoms with Gasteiger partial charge in [0.2, 0.25) is 8.03 Å². The molecule has 16 heavy (non-hydrogen) atoms. The summed E-state index contributed by atoms with van der Waals surface area (Å²) >= 11 is 1.27. The minimum atomic E-state index is -3.95. The van der Waals surface area contributed by atoms with E-state index in [1.165, 1.54) is 17.8 Å². The lowest BCUT2D eigenvalue weighted by Gasteiger charge is -2.07. The normalized spacial score (nSPS) is 13.6. The SMILES string of the molecule is CSc1ccccc1S(=O)(=O)OC[PH](=O)O. The highest BCUT2D eigenvalue weighted by Crippen LogP contribution is 2.27. The van der Waals surface area contributed by atoms with Crippen LogP contribution in [0.4, 0.5) is 0 Å². The molecular formula is C8H11O5PS2. The molecule has 1 aromatic rings. The fraction of sp³-hybridized carbons (Fsp3) is 0.250. The lowest BCUT2D eigenvalue weighted by molar-refractivity contribution is 0.354. The molecule has 0 saturated heterocycles. The molecule has 1 aromatic carbocycles. The summed E-state index contributed by atoms with van der Waals surface area (Å²) in [6, 6.07) is 6.32. The highest BCUT2D eigenvalue weighted by Gasteiger charge is 2.19. The van der Waals surface area contributed by atoms with Gasteiger partial charge >= 0.3 is 0 Å². The van der Waals surface area contributed by atoms with Gasteiger partial charge in [-0.1, -0.05) is 12.1 Å². The van der Waals surface area contributed by atoms with E-state index in [2.05, 4.69) is 4.18 Å². The molecule has 8 heteroatoms. The second kappa shape index (κ2) is 5.84. The summed E-state index contributed by atoms with van der Waals surface area (Å²) < 4.78 is 38.2.